The van der Waals surface area contributed by atoms with Crippen molar-refractivity contribution in [3.8, 4) is 0 Å². The van der Waals surface area contributed by atoms with E-state index in [0.717, 1.165) is 11.4 Å². The fourth-order valence-corrected chi connectivity index (χ4v) is 2.33. The number of para-hydroxylation sites is 1. The molecular formula is C20H17NO. The fraction of sp³-hybridized carbons (Fsp3) is 0.0500. The van der Waals surface area contributed by atoms with Gasteiger partial charge in [-0.2, -0.15) is 0 Å². The molecule has 0 heterocycles. The van der Waals surface area contributed by atoms with Gasteiger partial charge in [0.2, 0.25) is 0 Å². The first-order valence-electron chi connectivity index (χ1n) is 7.26. The van der Waals surface area contributed by atoms with Gasteiger partial charge in [0.1, 0.15) is 0 Å². The van der Waals surface area contributed by atoms with Gasteiger partial charge in [-0.05, 0) is 42.8 Å². The molecule has 0 saturated heterocycles. The number of nitrogens with one attached hydrogen (secondary N) is 1. The zero-order chi connectivity index (χ0) is 15.4. The summed E-state index contributed by atoms with van der Waals surface area (Å²) in [6, 6.07) is 25.0. The number of carbonyl (C=O) groups is 1. The molecule has 0 atom stereocenters. The number of rotatable bonds is 4. The molecule has 0 aliphatic rings. The summed E-state index contributed by atoms with van der Waals surface area (Å²) in [6.07, 6.45) is 0. The van der Waals surface area contributed by atoms with Gasteiger partial charge in [-0.1, -0.05) is 48.5 Å². The Kier molecular flexibility index (Phi) is 4.01. The van der Waals surface area contributed by atoms with Gasteiger partial charge >= 0.3 is 0 Å². The predicted octanol–water partition coefficient (Wildman–Crippen LogP) is 4.97. The molecule has 0 fully saturated rings. The normalized spacial score (nSPS) is 10.2. The van der Waals surface area contributed by atoms with Crippen LogP contribution in [0.2, 0.25) is 0 Å². The summed E-state index contributed by atoms with van der Waals surface area (Å²) in [5.41, 5.74) is 4.64. The Hall–Kier alpha value is -2.87. The molecule has 1 N–H and O–H groups in total. The number of aryl methyl sites for hydroxylation is 1. The Morgan fingerprint density at radius 3 is 2.00 bits per heavy atom. The van der Waals surface area contributed by atoms with Crippen LogP contribution in [0.3, 0.4) is 0 Å². The molecule has 22 heavy (non-hydrogen) atoms. The summed E-state index contributed by atoms with van der Waals surface area (Å²) in [5.74, 6) is 0.0445. The van der Waals surface area contributed by atoms with E-state index in [9.17, 15) is 4.79 Å². The van der Waals surface area contributed by atoms with Crippen LogP contribution >= 0.6 is 0 Å². The van der Waals surface area contributed by atoms with E-state index in [0.29, 0.717) is 11.1 Å². The molecule has 0 amide bonds. The second-order valence-corrected chi connectivity index (χ2v) is 5.21. The first kappa shape index (κ1) is 14.1. The van der Waals surface area contributed by atoms with Crippen molar-refractivity contribution in [3.05, 3.63) is 95.6 Å². The van der Waals surface area contributed by atoms with Crippen LogP contribution in [0.1, 0.15) is 21.5 Å². The highest BCUT2D eigenvalue weighted by molar-refractivity contribution is 6.09. The first-order chi connectivity index (χ1) is 10.7. The van der Waals surface area contributed by atoms with Crippen LogP contribution < -0.4 is 5.32 Å². The largest absolute Gasteiger partial charge is 0.355 e. The minimum absolute atomic E-state index is 0.0445. The summed E-state index contributed by atoms with van der Waals surface area (Å²) in [6.45, 7) is 2.07. The van der Waals surface area contributed by atoms with Gasteiger partial charge in [-0.25, -0.2) is 0 Å². The predicted molar refractivity (Wildman–Crippen MR) is 90.8 cm³/mol. The number of ketones is 1. The SMILES string of the molecule is Cc1ccccc1Nc1ccc(C(=O)c2ccccc2)cc1. The number of hydrogen-bond donors (Lipinski definition) is 1. The third-order valence-corrected chi connectivity index (χ3v) is 3.61. The van der Waals surface area contributed by atoms with Gasteiger partial charge in [0.15, 0.2) is 5.78 Å². The van der Waals surface area contributed by atoms with E-state index >= 15 is 0 Å². The van der Waals surface area contributed by atoms with Gasteiger partial charge in [-0.15, -0.1) is 0 Å². The van der Waals surface area contributed by atoms with E-state index < -0.39 is 0 Å². The van der Waals surface area contributed by atoms with Crippen LogP contribution in [0.25, 0.3) is 0 Å². The van der Waals surface area contributed by atoms with E-state index in [2.05, 4.69) is 18.3 Å². The van der Waals surface area contributed by atoms with Crippen molar-refractivity contribution < 1.29 is 4.79 Å². The van der Waals surface area contributed by atoms with Gasteiger partial charge < -0.3 is 5.32 Å². The van der Waals surface area contributed by atoms with Crippen molar-refractivity contribution in [2.45, 2.75) is 6.92 Å². The maximum absolute atomic E-state index is 12.3. The summed E-state index contributed by atoms with van der Waals surface area (Å²) in [7, 11) is 0. The van der Waals surface area contributed by atoms with Crippen LogP contribution in [-0.2, 0) is 0 Å². The van der Waals surface area contributed by atoms with E-state index in [1.54, 1.807) is 0 Å². The quantitative estimate of drug-likeness (QED) is 0.686. The number of hydrogen-bond acceptors (Lipinski definition) is 2. The minimum atomic E-state index is 0.0445. The molecule has 0 spiro atoms. The van der Waals surface area contributed by atoms with Crippen molar-refractivity contribution in [3.63, 3.8) is 0 Å². The van der Waals surface area contributed by atoms with Gasteiger partial charge in [0.25, 0.3) is 0 Å². The third-order valence-electron chi connectivity index (χ3n) is 3.61. The maximum Gasteiger partial charge on any atom is 0.193 e. The van der Waals surface area contributed by atoms with Crippen LogP contribution in [0.15, 0.2) is 78.9 Å². The van der Waals surface area contributed by atoms with E-state index in [-0.39, 0.29) is 5.78 Å². The molecule has 3 aromatic carbocycles. The van der Waals surface area contributed by atoms with E-state index in [1.807, 2.05) is 72.8 Å². The topological polar surface area (TPSA) is 29.1 Å². The monoisotopic (exact) mass is 287 g/mol. The van der Waals surface area contributed by atoms with Crippen molar-refractivity contribution in [2.24, 2.45) is 0 Å². The lowest BCUT2D eigenvalue weighted by atomic mass is 10.0. The van der Waals surface area contributed by atoms with Crippen molar-refractivity contribution in [1.29, 1.82) is 0 Å². The Balaban J connectivity index is 1.79. The van der Waals surface area contributed by atoms with Crippen molar-refractivity contribution in [1.82, 2.24) is 0 Å². The van der Waals surface area contributed by atoms with Crippen LogP contribution in [0, 0.1) is 6.92 Å². The average Bonchev–Trinajstić information content (AvgIpc) is 2.58. The molecule has 2 heteroatoms. The van der Waals surface area contributed by atoms with E-state index in [1.165, 1.54) is 5.56 Å². The lowest BCUT2D eigenvalue weighted by Crippen LogP contribution is -2.01. The highest BCUT2D eigenvalue weighted by Gasteiger charge is 2.08. The van der Waals surface area contributed by atoms with Crippen LogP contribution in [-0.4, -0.2) is 5.78 Å². The van der Waals surface area contributed by atoms with Gasteiger partial charge in [-0.3, -0.25) is 4.79 Å². The van der Waals surface area contributed by atoms with Crippen molar-refractivity contribution in [2.75, 3.05) is 5.32 Å². The molecule has 3 rings (SSSR count). The zero-order valence-electron chi connectivity index (χ0n) is 12.4. The second kappa shape index (κ2) is 6.27. The zero-order valence-corrected chi connectivity index (χ0v) is 12.4. The average molecular weight is 287 g/mol. The molecule has 0 aromatic heterocycles. The van der Waals surface area contributed by atoms with Gasteiger partial charge in [0.05, 0.1) is 0 Å². The van der Waals surface area contributed by atoms with Crippen LogP contribution in [0.4, 0.5) is 11.4 Å². The standard InChI is InChI=1S/C20H17NO/c1-15-7-5-6-10-19(15)21-18-13-11-17(12-14-18)20(22)16-8-3-2-4-9-16/h2-14,21H,1H3. The maximum atomic E-state index is 12.3. The molecule has 0 unspecified atom stereocenters. The molecule has 0 aliphatic heterocycles. The first-order valence-corrected chi connectivity index (χ1v) is 7.26. The molecule has 0 saturated carbocycles. The minimum Gasteiger partial charge on any atom is -0.355 e. The molecule has 0 radical (unpaired) electrons. The lowest BCUT2D eigenvalue weighted by molar-refractivity contribution is 0.103. The molecule has 3 aromatic rings. The van der Waals surface area contributed by atoms with Gasteiger partial charge in [0, 0.05) is 22.5 Å². The smallest absolute Gasteiger partial charge is 0.193 e. The Morgan fingerprint density at radius 2 is 1.32 bits per heavy atom. The number of carbonyl (C=O) groups excluding carboxylic acids is 1. The Bertz CT molecular complexity index is 776. The third kappa shape index (κ3) is 3.07. The molecule has 0 bridgehead atoms. The Labute approximate surface area is 130 Å². The molecule has 2 nitrogen and oxygen atoms in total. The molecular weight excluding hydrogens is 270 g/mol. The highest BCUT2D eigenvalue weighted by Crippen LogP contribution is 2.21. The summed E-state index contributed by atoms with van der Waals surface area (Å²) in [5, 5.41) is 3.37. The summed E-state index contributed by atoms with van der Waals surface area (Å²) in [4.78, 5) is 12.3. The van der Waals surface area contributed by atoms with E-state index in [4.69, 9.17) is 0 Å². The second-order valence-electron chi connectivity index (χ2n) is 5.21. The summed E-state index contributed by atoms with van der Waals surface area (Å²) < 4.78 is 0. The molecule has 108 valence electrons. The highest BCUT2D eigenvalue weighted by atomic mass is 16.1. The molecule has 0 aliphatic carbocycles. The summed E-state index contributed by atoms with van der Waals surface area (Å²) >= 11 is 0. The lowest BCUT2D eigenvalue weighted by Gasteiger charge is -2.10. The Morgan fingerprint density at radius 1 is 0.727 bits per heavy atom. The van der Waals surface area contributed by atoms with Crippen molar-refractivity contribution >= 4 is 17.2 Å². The number of anilines is 2. The van der Waals surface area contributed by atoms with Crippen LogP contribution in [0.5, 0.6) is 0 Å². The number of benzene rings is 3. The fourth-order valence-electron chi connectivity index (χ4n) is 2.33.